The first-order chi connectivity index (χ1) is 9.13. The summed E-state index contributed by atoms with van der Waals surface area (Å²) in [5.41, 5.74) is 0. The molecule has 6 nitrogen and oxygen atoms in total. The molecule has 2 saturated heterocycles. The molecule has 2 atom stereocenters. The van der Waals surface area contributed by atoms with E-state index in [1.165, 1.54) is 0 Å². The lowest BCUT2D eigenvalue weighted by molar-refractivity contribution is -0.144. The molecule has 4 amide bonds. The van der Waals surface area contributed by atoms with Crippen molar-refractivity contribution in [2.24, 2.45) is 5.92 Å². The van der Waals surface area contributed by atoms with Crippen LogP contribution in [0.25, 0.3) is 0 Å². The van der Waals surface area contributed by atoms with Crippen LogP contribution in [0.1, 0.15) is 39.0 Å². The highest BCUT2D eigenvalue weighted by Crippen LogP contribution is 2.19. The van der Waals surface area contributed by atoms with E-state index in [-0.39, 0.29) is 18.6 Å². The van der Waals surface area contributed by atoms with Gasteiger partial charge < -0.3 is 4.74 Å². The summed E-state index contributed by atoms with van der Waals surface area (Å²) < 4.78 is 5.54. The molecule has 2 fully saturated rings. The molecule has 0 spiro atoms. The van der Waals surface area contributed by atoms with Gasteiger partial charge in [-0.15, -0.1) is 0 Å². The standard InChI is InChI=1S/C13H20N2O4/c1-2-5-10-11(16)14-13(18)15(12(10)17)8-9-6-3-4-7-19-9/h9-10H,2-8H2,1H3,(H,14,16,18). The molecule has 2 rings (SSSR count). The molecule has 2 unspecified atom stereocenters. The number of imide groups is 2. The van der Waals surface area contributed by atoms with Gasteiger partial charge in [0.25, 0.3) is 0 Å². The van der Waals surface area contributed by atoms with E-state index in [0.717, 1.165) is 30.6 Å². The molecule has 0 bridgehead atoms. The SMILES string of the molecule is CCCC1C(=O)NC(=O)N(CC2CCCCO2)C1=O. The summed E-state index contributed by atoms with van der Waals surface area (Å²) in [4.78, 5) is 36.7. The minimum absolute atomic E-state index is 0.0982. The van der Waals surface area contributed by atoms with Gasteiger partial charge in [-0.3, -0.25) is 19.8 Å². The third-order valence-electron chi connectivity index (χ3n) is 3.59. The number of hydrogen-bond donors (Lipinski definition) is 1. The van der Waals surface area contributed by atoms with Crippen molar-refractivity contribution in [1.82, 2.24) is 10.2 Å². The van der Waals surface area contributed by atoms with Crippen LogP contribution in [0.4, 0.5) is 4.79 Å². The lowest BCUT2D eigenvalue weighted by Crippen LogP contribution is -2.59. The van der Waals surface area contributed by atoms with Crippen molar-refractivity contribution in [3.05, 3.63) is 0 Å². The summed E-state index contributed by atoms with van der Waals surface area (Å²) in [5.74, 6) is -1.59. The number of nitrogens with one attached hydrogen (secondary N) is 1. The molecule has 2 aliphatic heterocycles. The normalized spacial score (nSPS) is 28.5. The van der Waals surface area contributed by atoms with E-state index in [1.54, 1.807) is 0 Å². The Balaban J connectivity index is 2.02. The van der Waals surface area contributed by atoms with Gasteiger partial charge >= 0.3 is 6.03 Å². The maximum atomic E-state index is 12.2. The number of urea groups is 1. The van der Waals surface area contributed by atoms with E-state index in [1.807, 2.05) is 6.92 Å². The van der Waals surface area contributed by atoms with E-state index >= 15 is 0 Å². The van der Waals surface area contributed by atoms with Crippen LogP contribution in [0.2, 0.25) is 0 Å². The van der Waals surface area contributed by atoms with Crippen LogP contribution < -0.4 is 5.32 Å². The summed E-state index contributed by atoms with van der Waals surface area (Å²) in [6.07, 6.45) is 4.02. The van der Waals surface area contributed by atoms with Gasteiger partial charge in [-0.2, -0.15) is 0 Å². The molecule has 0 aromatic heterocycles. The maximum Gasteiger partial charge on any atom is 0.330 e. The highest BCUT2D eigenvalue weighted by atomic mass is 16.5. The molecule has 0 saturated carbocycles. The van der Waals surface area contributed by atoms with Gasteiger partial charge in [0.05, 0.1) is 12.6 Å². The number of amides is 4. The first-order valence-electron chi connectivity index (χ1n) is 6.91. The van der Waals surface area contributed by atoms with Gasteiger partial charge in [-0.25, -0.2) is 4.79 Å². The second-order valence-electron chi connectivity index (χ2n) is 5.07. The highest BCUT2D eigenvalue weighted by Gasteiger charge is 2.40. The van der Waals surface area contributed by atoms with Crippen LogP contribution in [0.3, 0.4) is 0 Å². The fourth-order valence-corrected chi connectivity index (χ4v) is 2.53. The molecule has 106 valence electrons. The van der Waals surface area contributed by atoms with Crippen molar-refractivity contribution < 1.29 is 19.1 Å². The molecule has 0 radical (unpaired) electrons. The maximum absolute atomic E-state index is 12.2. The predicted molar refractivity (Wildman–Crippen MR) is 67.2 cm³/mol. The Kier molecular flexibility index (Phi) is 4.52. The monoisotopic (exact) mass is 268 g/mol. The van der Waals surface area contributed by atoms with Crippen molar-refractivity contribution in [1.29, 1.82) is 0 Å². The van der Waals surface area contributed by atoms with Gasteiger partial charge in [0.2, 0.25) is 11.8 Å². The Morgan fingerprint density at radius 3 is 2.74 bits per heavy atom. The Bertz CT molecular complexity index is 377. The molecule has 6 heteroatoms. The van der Waals surface area contributed by atoms with Crippen LogP contribution in [0.5, 0.6) is 0 Å². The van der Waals surface area contributed by atoms with Gasteiger partial charge in [0.15, 0.2) is 0 Å². The number of ether oxygens (including phenoxy) is 1. The molecule has 0 aliphatic carbocycles. The summed E-state index contributed by atoms with van der Waals surface area (Å²) in [6.45, 7) is 2.83. The summed E-state index contributed by atoms with van der Waals surface area (Å²) >= 11 is 0. The third-order valence-corrected chi connectivity index (χ3v) is 3.59. The summed E-state index contributed by atoms with van der Waals surface area (Å²) in [6, 6.07) is -0.614. The van der Waals surface area contributed by atoms with Crippen molar-refractivity contribution in [3.8, 4) is 0 Å². The van der Waals surface area contributed by atoms with Crippen LogP contribution in [-0.2, 0) is 14.3 Å². The average Bonchev–Trinajstić information content (AvgIpc) is 2.41. The van der Waals surface area contributed by atoms with E-state index in [4.69, 9.17) is 4.74 Å². The fraction of sp³-hybridized carbons (Fsp3) is 0.769. The van der Waals surface area contributed by atoms with Crippen molar-refractivity contribution in [2.45, 2.75) is 45.1 Å². The molecular weight excluding hydrogens is 248 g/mol. The van der Waals surface area contributed by atoms with E-state index < -0.39 is 17.9 Å². The minimum Gasteiger partial charge on any atom is -0.376 e. The van der Waals surface area contributed by atoms with Crippen molar-refractivity contribution >= 4 is 17.8 Å². The van der Waals surface area contributed by atoms with Crippen LogP contribution >= 0.6 is 0 Å². The van der Waals surface area contributed by atoms with E-state index in [2.05, 4.69) is 5.32 Å². The average molecular weight is 268 g/mol. The van der Waals surface area contributed by atoms with Crippen LogP contribution in [0, 0.1) is 5.92 Å². The van der Waals surface area contributed by atoms with Gasteiger partial charge in [0, 0.05) is 6.61 Å². The highest BCUT2D eigenvalue weighted by molar-refractivity contribution is 6.16. The smallest absolute Gasteiger partial charge is 0.330 e. The number of carbonyl (C=O) groups excluding carboxylic acids is 3. The number of rotatable bonds is 4. The number of hydrogen-bond acceptors (Lipinski definition) is 4. The zero-order chi connectivity index (χ0) is 13.8. The first-order valence-corrected chi connectivity index (χ1v) is 6.91. The number of carbonyl (C=O) groups is 3. The second-order valence-corrected chi connectivity index (χ2v) is 5.07. The lowest BCUT2D eigenvalue weighted by atomic mass is 9.98. The van der Waals surface area contributed by atoms with E-state index in [0.29, 0.717) is 13.0 Å². The molecule has 2 aliphatic rings. The minimum atomic E-state index is -0.730. The Morgan fingerprint density at radius 2 is 2.11 bits per heavy atom. The zero-order valence-corrected chi connectivity index (χ0v) is 11.2. The zero-order valence-electron chi connectivity index (χ0n) is 11.2. The van der Waals surface area contributed by atoms with Crippen LogP contribution in [0.15, 0.2) is 0 Å². The fourth-order valence-electron chi connectivity index (χ4n) is 2.53. The summed E-state index contributed by atoms with van der Waals surface area (Å²) in [5, 5.41) is 2.26. The molecule has 2 heterocycles. The van der Waals surface area contributed by atoms with Gasteiger partial charge in [-0.1, -0.05) is 13.3 Å². The molecule has 1 N–H and O–H groups in total. The topological polar surface area (TPSA) is 75.7 Å². The van der Waals surface area contributed by atoms with Gasteiger partial charge in [-0.05, 0) is 25.7 Å². The van der Waals surface area contributed by atoms with Crippen LogP contribution in [-0.4, -0.2) is 42.0 Å². The van der Waals surface area contributed by atoms with E-state index in [9.17, 15) is 14.4 Å². The number of barbiturate groups is 1. The van der Waals surface area contributed by atoms with Crippen molar-refractivity contribution in [2.75, 3.05) is 13.2 Å². The summed E-state index contributed by atoms with van der Waals surface area (Å²) in [7, 11) is 0. The predicted octanol–water partition coefficient (Wildman–Crippen LogP) is 1.05. The molecule has 19 heavy (non-hydrogen) atoms. The quantitative estimate of drug-likeness (QED) is 0.773. The first kappa shape index (κ1) is 14.0. The lowest BCUT2D eigenvalue weighted by Gasteiger charge is -2.33. The molecule has 0 aromatic carbocycles. The molecular formula is C13H20N2O4. The van der Waals surface area contributed by atoms with Gasteiger partial charge in [0.1, 0.15) is 5.92 Å². The molecule has 0 aromatic rings. The Morgan fingerprint density at radius 1 is 1.32 bits per heavy atom. The van der Waals surface area contributed by atoms with Crippen molar-refractivity contribution in [3.63, 3.8) is 0 Å². The Labute approximate surface area is 112 Å². The Hall–Kier alpha value is -1.43. The number of nitrogens with zero attached hydrogens (tertiary/aromatic N) is 1. The second kappa shape index (κ2) is 6.14. The largest absolute Gasteiger partial charge is 0.376 e. The third kappa shape index (κ3) is 3.12.